The van der Waals surface area contributed by atoms with Gasteiger partial charge in [-0.2, -0.15) is 0 Å². The van der Waals surface area contributed by atoms with Crippen molar-refractivity contribution < 1.29 is 42.7 Å². The van der Waals surface area contributed by atoms with E-state index in [1.165, 1.54) is 0 Å². The van der Waals surface area contributed by atoms with Gasteiger partial charge < -0.3 is 37.9 Å². The fourth-order valence-corrected chi connectivity index (χ4v) is 1.86. The van der Waals surface area contributed by atoms with Crippen LogP contribution in [-0.2, 0) is 42.7 Å². The highest BCUT2D eigenvalue weighted by Crippen LogP contribution is 1.92. The van der Waals surface area contributed by atoms with Gasteiger partial charge in [0.15, 0.2) is 0 Å². The Hall–Kier alpha value is -1.07. The highest BCUT2D eigenvalue weighted by molar-refractivity contribution is 5.86. The second kappa shape index (κ2) is 22.6. The van der Waals surface area contributed by atoms with Crippen molar-refractivity contribution in [2.75, 3.05) is 92.5 Å². The molecule has 9 nitrogen and oxygen atoms in total. The van der Waals surface area contributed by atoms with Gasteiger partial charge in [0.2, 0.25) is 0 Å². The minimum Gasteiger partial charge on any atom is -0.460 e. The minimum absolute atomic E-state index is 0.210. The zero-order valence-corrected chi connectivity index (χ0v) is 18.9. The molecule has 0 amide bonds. The van der Waals surface area contributed by atoms with Gasteiger partial charge in [0.25, 0.3) is 0 Å². The Labute approximate surface area is 180 Å². The summed E-state index contributed by atoms with van der Waals surface area (Å²) in [7, 11) is 0. The number of hydrogen-bond acceptors (Lipinski definition) is 9. The average Bonchev–Trinajstić information content (AvgIpc) is 2.71. The summed E-state index contributed by atoms with van der Waals surface area (Å²) in [6, 6.07) is 0. The first-order chi connectivity index (χ1) is 14.5. The Kier molecular flexibility index (Phi) is 21.8. The van der Waals surface area contributed by atoms with Gasteiger partial charge in [-0.1, -0.05) is 6.58 Å². The lowest BCUT2D eigenvalue weighted by Gasteiger charge is -2.09. The summed E-state index contributed by atoms with van der Waals surface area (Å²) >= 11 is 0. The van der Waals surface area contributed by atoms with Crippen molar-refractivity contribution in [2.24, 2.45) is 0 Å². The predicted molar refractivity (Wildman–Crippen MR) is 112 cm³/mol. The second-order valence-corrected chi connectivity index (χ2v) is 6.51. The molecule has 0 heterocycles. The average molecular weight is 437 g/mol. The van der Waals surface area contributed by atoms with Crippen molar-refractivity contribution in [2.45, 2.75) is 26.9 Å². The Bertz CT molecular complexity index is 402. The third-order valence-corrected chi connectivity index (χ3v) is 3.35. The quantitative estimate of drug-likeness (QED) is 0.135. The van der Waals surface area contributed by atoms with Gasteiger partial charge in [-0.15, -0.1) is 0 Å². The van der Waals surface area contributed by atoms with E-state index in [0.717, 1.165) is 0 Å². The molecule has 178 valence electrons. The molecule has 0 aromatic heterocycles. The zero-order chi connectivity index (χ0) is 22.3. The fraction of sp³-hybridized carbons (Fsp3) is 0.857. The van der Waals surface area contributed by atoms with Gasteiger partial charge in [0.1, 0.15) is 6.61 Å². The van der Waals surface area contributed by atoms with Crippen molar-refractivity contribution >= 4 is 5.97 Å². The van der Waals surface area contributed by atoms with Crippen LogP contribution in [0.15, 0.2) is 12.2 Å². The van der Waals surface area contributed by atoms with Gasteiger partial charge in [-0.05, 0) is 20.8 Å². The van der Waals surface area contributed by atoms with Crippen molar-refractivity contribution in [3.05, 3.63) is 12.2 Å². The molecule has 0 aliphatic carbocycles. The summed E-state index contributed by atoms with van der Waals surface area (Å²) in [6.45, 7) is 15.9. The van der Waals surface area contributed by atoms with Crippen molar-refractivity contribution in [3.8, 4) is 0 Å². The van der Waals surface area contributed by atoms with Gasteiger partial charge >= 0.3 is 5.97 Å². The van der Waals surface area contributed by atoms with Gasteiger partial charge in [-0.25, -0.2) is 4.79 Å². The van der Waals surface area contributed by atoms with E-state index >= 15 is 0 Å². The lowest BCUT2D eigenvalue weighted by molar-refractivity contribution is -0.140. The lowest BCUT2D eigenvalue weighted by Crippen LogP contribution is -2.15. The fourth-order valence-electron chi connectivity index (χ4n) is 1.86. The molecule has 0 aliphatic heterocycles. The summed E-state index contributed by atoms with van der Waals surface area (Å²) in [5, 5.41) is 0. The maximum Gasteiger partial charge on any atom is 0.333 e. The summed E-state index contributed by atoms with van der Waals surface area (Å²) in [5.41, 5.74) is 0.377. The number of hydrogen-bond donors (Lipinski definition) is 0. The zero-order valence-electron chi connectivity index (χ0n) is 18.9. The van der Waals surface area contributed by atoms with Crippen LogP contribution in [0.4, 0.5) is 0 Å². The molecular weight excluding hydrogens is 396 g/mol. The van der Waals surface area contributed by atoms with Crippen LogP contribution in [0.2, 0.25) is 0 Å². The molecular formula is C21H40O9. The van der Waals surface area contributed by atoms with E-state index in [2.05, 4.69) is 6.58 Å². The summed E-state index contributed by atoms with van der Waals surface area (Å²) in [4.78, 5) is 11.1. The maximum absolute atomic E-state index is 11.1. The Morgan fingerprint density at radius 2 is 0.900 bits per heavy atom. The first kappa shape index (κ1) is 28.9. The second-order valence-electron chi connectivity index (χ2n) is 6.51. The van der Waals surface area contributed by atoms with E-state index < -0.39 is 5.97 Å². The highest BCUT2D eigenvalue weighted by atomic mass is 16.6. The maximum atomic E-state index is 11.1. The monoisotopic (exact) mass is 436 g/mol. The van der Waals surface area contributed by atoms with Gasteiger partial charge in [-0.3, -0.25) is 0 Å². The molecule has 0 saturated carbocycles. The molecule has 0 saturated heterocycles. The summed E-state index contributed by atoms with van der Waals surface area (Å²) < 4.78 is 42.5. The number of ether oxygens (including phenoxy) is 8. The number of carbonyl (C=O) groups is 1. The molecule has 0 rings (SSSR count). The summed E-state index contributed by atoms with van der Waals surface area (Å²) in [5.74, 6) is -0.406. The van der Waals surface area contributed by atoms with Crippen LogP contribution in [0.1, 0.15) is 20.8 Å². The molecule has 0 bridgehead atoms. The molecule has 0 fully saturated rings. The summed E-state index contributed by atoms with van der Waals surface area (Å²) in [6.07, 6.45) is 0.232. The number of esters is 1. The van der Waals surface area contributed by atoms with Crippen LogP contribution in [0.5, 0.6) is 0 Å². The van der Waals surface area contributed by atoms with Crippen LogP contribution < -0.4 is 0 Å². The third-order valence-electron chi connectivity index (χ3n) is 3.35. The van der Waals surface area contributed by atoms with E-state index in [0.29, 0.717) is 91.5 Å². The Morgan fingerprint density at radius 3 is 1.20 bits per heavy atom. The molecule has 0 aromatic carbocycles. The van der Waals surface area contributed by atoms with Crippen LogP contribution in [0.3, 0.4) is 0 Å². The molecule has 9 heteroatoms. The van der Waals surface area contributed by atoms with Crippen molar-refractivity contribution in [1.82, 2.24) is 0 Å². The lowest BCUT2D eigenvalue weighted by atomic mass is 10.4. The molecule has 0 unspecified atom stereocenters. The van der Waals surface area contributed by atoms with Crippen LogP contribution in [-0.4, -0.2) is 105 Å². The molecule has 0 radical (unpaired) electrons. The third kappa shape index (κ3) is 23.2. The van der Waals surface area contributed by atoms with E-state index in [1.54, 1.807) is 6.92 Å². The first-order valence-corrected chi connectivity index (χ1v) is 10.4. The van der Waals surface area contributed by atoms with E-state index in [9.17, 15) is 4.79 Å². The van der Waals surface area contributed by atoms with E-state index in [4.69, 9.17) is 37.9 Å². The van der Waals surface area contributed by atoms with Gasteiger partial charge in [0, 0.05) is 5.57 Å². The predicted octanol–water partition coefficient (Wildman–Crippen LogP) is 1.63. The highest BCUT2D eigenvalue weighted by Gasteiger charge is 2.01. The molecule has 0 atom stereocenters. The molecule has 0 spiro atoms. The molecule has 0 N–H and O–H groups in total. The molecule has 0 aliphatic rings. The Morgan fingerprint density at radius 1 is 0.600 bits per heavy atom. The van der Waals surface area contributed by atoms with Crippen LogP contribution in [0, 0.1) is 0 Å². The molecule has 30 heavy (non-hydrogen) atoms. The van der Waals surface area contributed by atoms with Crippen LogP contribution >= 0.6 is 0 Å². The first-order valence-electron chi connectivity index (χ1n) is 10.4. The smallest absolute Gasteiger partial charge is 0.333 e. The standard InChI is InChI=1S/C21H40O9/c1-19(2)21(22)30-18-16-28-14-12-26-10-8-24-6-5-23-7-9-25-11-13-27-15-17-29-20(3)4/h20H,1,5-18H2,2-4H3. The number of carbonyl (C=O) groups excluding carboxylic acids is 1. The van der Waals surface area contributed by atoms with Crippen molar-refractivity contribution in [3.63, 3.8) is 0 Å². The van der Waals surface area contributed by atoms with Gasteiger partial charge in [0.05, 0.1) is 92.0 Å². The van der Waals surface area contributed by atoms with E-state index in [1.807, 2.05) is 13.8 Å². The molecule has 0 aromatic rings. The minimum atomic E-state index is -0.406. The Balaban J connectivity index is 3.07. The largest absolute Gasteiger partial charge is 0.460 e. The van der Waals surface area contributed by atoms with E-state index in [-0.39, 0.29) is 12.7 Å². The number of rotatable bonds is 23. The topological polar surface area (TPSA) is 90.9 Å². The van der Waals surface area contributed by atoms with Crippen LogP contribution in [0.25, 0.3) is 0 Å². The SMILES string of the molecule is C=C(C)C(=O)OCCOCCOCCOCCOCCOCCOCCOC(C)C. The normalized spacial score (nSPS) is 11.2. The van der Waals surface area contributed by atoms with Crippen molar-refractivity contribution in [1.29, 1.82) is 0 Å².